The van der Waals surface area contributed by atoms with E-state index in [2.05, 4.69) is 4.98 Å². The first kappa shape index (κ1) is 13.0. The molecule has 2 atom stereocenters. The molecule has 1 aliphatic rings. The number of piperidine rings is 1. The quantitative estimate of drug-likeness (QED) is 0.690. The number of aromatic nitrogens is 1. The van der Waals surface area contributed by atoms with Crippen molar-refractivity contribution in [3.05, 3.63) is 30.0 Å². The minimum Gasteiger partial charge on any atom is -0.399 e. The number of aliphatic hydroxyl groups excluding tert-OH is 1. The third-order valence-electron chi connectivity index (χ3n) is 4.14. The lowest BCUT2D eigenvalue weighted by Crippen LogP contribution is -2.45. The van der Waals surface area contributed by atoms with Crippen molar-refractivity contribution < 1.29 is 9.90 Å². The van der Waals surface area contributed by atoms with E-state index < -0.39 is 6.10 Å². The largest absolute Gasteiger partial charge is 0.399 e. The molecule has 2 heterocycles. The van der Waals surface area contributed by atoms with Crippen molar-refractivity contribution in [2.24, 2.45) is 5.92 Å². The summed E-state index contributed by atoms with van der Waals surface area (Å²) in [7, 11) is 0. The zero-order valence-corrected chi connectivity index (χ0v) is 11.5. The van der Waals surface area contributed by atoms with Gasteiger partial charge in [-0.15, -0.1) is 0 Å². The maximum absolute atomic E-state index is 12.6. The Balaban J connectivity index is 1.91. The summed E-state index contributed by atoms with van der Waals surface area (Å²) >= 11 is 0. The number of fused-ring (bicyclic) bond motifs is 1. The van der Waals surface area contributed by atoms with Crippen LogP contribution in [0.1, 0.15) is 23.7 Å². The molecular weight excluding hydrogens is 254 g/mol. The van der Waals surface area contributed by atoms with Gasteiger partial charge in [0.1, 0.15) is 0 Å². The lowest BCUT2D eigenvalue weighted by Gasteiger charge is -2.34. The SMILES string of the molecule is CC1CCN(C(=O)c2c[nH]c3ccc(N)cc23)CC1O. The van der Waals surface area contributed by atoms with Crippen molar-refractivity contribution in [1.29, 1.82) is 0 Å². The third-order valence-corrected chi connectivity index (χ3v) is 4.14. The minimum absolute atomic E-state index is 0.0483. The molecule has 1 aliphatic heterocycles. The summed E-state index contributed by atoms with van der Waals surface area (Å²) in [5.41, 5.74) is 7.95. The van der Waals surface area contributed by atoms with Gasteiger partial charge in [-0.05, 0) is 30.5 Å². The van der Waals surface area contributed by atoms with Gasteiger partial charge >= 0.3 is 0 Å². The average Bonchev–Trinajstić information content (AvgIpc) is 2.84. The highest BCUT2D eigenvalue weighted by molar-refractivity contribution is 6.07. The van der Waals surface area contributed by atoms with Crippen LogP contribution in [0.15, 0.2) is 24.4 Å². The van der Waals surface area contributed by atoms with Gasteiger partial charge < -0.3 is 20.7 Å². The second-order valence-electron chi connectivity index (χ2n) is 5.59. The van der Waals surface area contributed by atoms with Gasteiger partial charge in [-0.2, -0.15) is 0 Å². The fourth-order valence-corrected chi connectivity index (χ4v) is 2.72. The Hall–Kier alpha value is -2.01. The number of nitrogens with one attached hydrogen (secondary N) is 1. The number of aliphatic hydroxyl groups is 1. The van der Waals surface area contributed by atoms with Crippen molar-refractivity contribution in [1.82, 2.24) is 9.88 Å². The lowest BCUT2D eigenvalue weighted by molar-refractivity contribution is 0.0250. The minimum atomic E-state index is -0.442. The summed E-state index contributed by atoms with van der Waals surface area (Å²) in [5.74, 6) is 0.200. The number of nitrogens with two attached hydrogens (primary N) is 1. The number of β-amino-alcohol motifs (C(OH)–C–C–N with tert-alkyl or cyclic N) is 1. The number of H-pyrrole nitrogens is 1. The van der Waals surface area contributed by atoms with Gasteiger partial charge in [-0.3, -0.25) is 4.79 Å². The maximum Gasteiger partial charge on any atom is 0.256 e. The van der Waals surface area contributed by atoms with E-state index >= 15 is 0 Å². The van der Waals surface area contributed by atoms with Crippen LogP contribution < -0.4 is 5.73 Å². The van der Waals surface area contributed by atoms with Crippen LogP contribution in [0.2, 0.25) is 0 Å². The Bertz CT molecular complexity index is 650. The summed E-state index contributed by atoms with van der Waals surface area (Å²) < 4.78 is 0. The zero-order valence-electron chi connectivity index (χ0n) is 11.5. The van der Waals surface area contributed by atoms with Crippen molar-refractivity contribution in [2.75, 3.05) is 18.8 Å². The van der Waals surface area contributed by atoms with Crippen molar-refractivity contribution in [3.8, 4) is 0 Å². The van der Waals surface area contributed by atoms with Crippen LogP contribution in [0.3, 0.4) is 0 Å². The molecule has 3 rings (SSSR count). The van der Waals surface area contributed by atoms with E-state index in [1.54, 1.807) is 17.2 Å². The molecule has 2 unspecified atom stereocenters. The van der Waals surface area contributed by atoms with Crippen LogP contribution in [0.5, 0.6) is 0 Å². The van der Waals surface area contributed by atoms with Crippen LogP contribution in [0.4, 0.5) is 5.69 Å². The standard InChI is InChI=1S/C15H19N3O2/c1-9-4-5-18(8-14(9)19)15(20)12-7-17-13-3-2-10(16)6-11(12)13/h2-3,6-7,9,14,17,19H,4-5,8,16H2,1H3. The topological polar surface area (TPSA) is 82.4 Å². The van der Waals surface area contributed by atoms with E-state index in [-0.39, 0.29) is 11.8 Å². The smallest absolute Gasteiger partial charge is 0.256 e. The van der Waals surface area contributed by atoms with E-state index in [0.29, 0.717) is 24.3 Å². The number of amides is 1. The first-order valence-corrected chi connectivity index (χ1v) is 6.90. The van der Waals surface area contributed by atoms with Gasteiger partial charge in [-0.1, -0.05) is 6.92 Å². The molecule has 4 N–H and O–H groups in total. The molecule has 1 aromatic heterocycles. The molecule has 0 bridgehead atoms. The summed E-state index contributed by atoms with van der Waals surface area (Å²) in [5, 5.41) is 10.8. The van der Waals surface area contributed by atoms with E-state index in [1.165, 1.54) is 0 Å². The number of anilines is 1. The van der Waals surface area contributed by atoms with Crippen LogP contribution >= 0.6 is 0 Å². The van der Waals surface area contributed by atoms with Gasteiger partial charge in [0.05, 0.1) is 11.7 Å². The normalized spacial score (nSPS) is 23.2. The van der Waals surface area contributed by atoms with Crippen LogP contribution in [0.25, 0.3) is 10.9 Å². The number of nitrogens with zero attached hydrogens (tertiary/aromatic N) is 1. The highest BCUT2D eigenvalue weighted by Gasteiger charge is 2.28. The molecule has 0 saturated carbocycles. The summed E-state index contributed by atoms with van der Waals surface area (Å²) in [4.78, 5) is 17.4. The number of carbonyl (C=O) groups excluding carboxylic acids is 1. The second kappa shape index (κ2) is 4.83. The third kappa shape index (κ3) is 2.14. The predicted octanol–water partition coefficient (Wildman–Crippen LogP) is 1.59. The van der Waals surface area contributed by atoms with Crippen LogP contribution in [0, 0.1) is 5.92 Å². The highest BCUT2D eigenvalue weighted by Crippen LogP contribution is 2.24. The number of nitrogen functional groups attached to an aromatic ring is 1. The number of hydrogen-bond acceptors (Lipinski definition) is 3. The molecular formula is C15H19N3O2. The number of rotatable bonds is 1. The number of likely N-dealkylation sites (tertiary alicyclic amines) is 1. The number of aromatic amines is 1. The van der Waals surface area contributed by atoms with Gasteiger partial charge in [0.25, 0.3) is 5.91 Å². The van der Waals surface area contributed by atoms with E-state index in [4.69, 9.17) is 5.73 Å². The molecule has 1 fully saturated rings. The molecule has 1 saturated heterocycles. The van der Waals surface area contributed by atoms with E-state index in [0.717, 1.165) is 17.3 Å². The van der Waals surface area contributed by atoms with Crippen LogP contribution in [-0.4, -0.2) is 40.1 Å². The molecule has 1 aromatic carbocycles. The Morgan fingerprint density at radius 2 is 2.30 bits per heavy atom. The Labute approximate surface area is 117 Å². The molecule has 0 spiro atoms. The summed E-state index contributed by atoms with van der Waals surface area (Å²) in [6.45, 7) is 3.10. The fourth-order valence-electron chi connectivity index (χ4n) is 2.72. The van der Waals surface area contributed by atoms with Crippen molar-refractivity contribution >= 4 is 22.5 Å². The molecule has 106 valence electrons. The monoisotopic (exact) mass is 273 g/mol. The molecule has 5 nitrogen and oxygen atoms in total. The Kier molecular flexibility index (Phi) is 3.14. The van der Waals surface area contributed by atoms with E-state index in [9.17, 15) is 9.90 Å². The van der Waals surface area contributed by atoms with Gasteiger partial charge in [0.15, 0.2) is 0 Å². The van der Waals surface area contributed by atoms with Crippen molar-refractivity contribution in [3.63, 3.8) is 0 Å². The zero-order chi connectivity index (χ0) is 14.3. The molecule has 20 heavy (non-hydrogen) atoms. The number of hydrogen-bond donors (Lipinski definition) is 3. The highest BCUT2D eigenvalue weighted by atomic mass is 16.3. The van der Waals surface area contributed by atoms with Gasteiger partial charge in [0.2, 0.25) is 0 Å². The predicted molar refractivity (Wildman–Crippen MR) is 78.4 cm³/mol. The Morgan fingerprint density at radius 3 is 3.05 bits per heavy atom. The van der Waals surface area contributed by atoms with E-state index in [1.807, 2.05) is 19.1 Å². The summed E-state index contributed by atoms with van der Waals surface area (Å²) in [6.07, 6.45) is 2.11. The molecule has 0 aliphatic carbocycles. The molecule has 1 amide bonds. The Morgan fingerprint density at radius 1 is 1.50 bits per heavy atom. The molecule has 5 heteroatoms. The average molecular weight is 273 g/mol. The first-order valence-electron chi connectivity index (χ1n) is 6.90. The van der Waals surface area contributed by atoms with Gasteiger partial charge in [0, 0.05) is 35.9 Å². The number of benzene rings is 1. The second-order valence-corrected chi connectivity index (χ2v) is 5.59. The van der Waals surface area contributed by atoms with Crippen molar-refractivity contribution in [2.45, 2.75) is 19.4 Å². The summed E-state index contributed by atoms with van der Waals surface area (Å²) in [6, 6.07) is 5.48. The van der Waals surface area contributed by atoms with Gasteiger partial charge in [-0.25, -0.2) is 0 Å². The lowest BCUT2D eigenvalue weighted by atomic mass is 9.95. The first-order chi connectivity index (χ1) is 9.56. The maximum atomic E-state index is 12.6. The van der Waals surface area contributed by atoms with Crippen LogP contribution in [-0.2, 0) is 0 Å². The fraction of sp³-hybridized carbons (Fsp3) is 0.400. The molecule has 2 aromatic rings. The number of carbonyl (C=O) groups is 1. The molecule has 0 radical (unpaired) electrons.